The molecule has 1 aromatic heterocycles. The second kappa shape index (κ2) is 11.4. The first-order valence-electron chi connectivity index (χ1n) is 13.0. The number of nitrogens with one attached hydrogen (secondary N) is 1. The summed E-state index contributed by atoms with van der Waals surface area (Å²) in [7, 11) is -3.86. The molecule has 4 rings (SSSR count). The van der Waals surface area contributed by atoms with Crippen molar-refractivity contribution in [2.75, 3.05) is 11.3 Å². The van der Waals surface area contributed by atoms with Crippen molar-refractivity contribution >= 4 is 43.4 Å². The van der Waals surface area contributed by atoms with E-state index in [1.807, 2.05) is 36.4 Å². The predicted octanol–water partition coefficient (Wildman–Crippen LogP) is 7.95. The summed E-state index contributed by atoms with van der Waals surface area (Å²) < 4.78 is 41.0. The molecule has 0 saturated carbocycles. The van der Waals surface area contributed by atoms with Gasteiger partial charge in [0.1, 0.15) is 16.9 Å². The van der Waals surface area contributed by atoms with Gasteiger partial charge in [-0.3, -0.25) is 4.72 Å². The topological polar surface area (TPSA) is 85.6 Å². The summed E-state index contributed by atoms with van der Waals surface area (Å²) in [4.78, 5) is 13.2. The standard InChI is InChI=1S/C30H35NO5S/c1-5-6-7-8-11-18-35-30(32)28-21(4)36-29-25-13-10-9-12-24(25)27(19-26(28)29)31-37(33,34)23-16-14-22(15-17-23)20(2)3/h9-10,12-17,19-20,31H,5-8,11,18H2,1-4H3. The Labute approximate surface area is 219 Å². The van der Waals surface area contributed by atoms with Crippen molar-refractivity contribution in [2.45, 2.75) is 70.6 Å². The third-order valence-corrected chi connectivity index (χ3v) is 8.04. The number of carbonyl (C=O) groups is 1. The minimum Gasteiger partial charge on any atom is -0.462 e. The summed E-state index contributed by atoms with van der Waals surface area (Å²) >= 11 is 0. The number of esters is 1. The van der Waals surface area contributed by atoms with Crippen molar-refractivity contribution in [1.29, 1.82) is 0 Å². The molecule has 0 aliphatic heterocycles. The molecule has 7 heteroatoms. The van der Waals surface area contributed by atoms with Gasteiger partial charge in [-0.05, 0) is 43.0 Å². The van der Waals surface area contributed by atoms with Crippen LogP contribution >= 0.6 is 0 Å². The number of hydrogen-bond donors (Lipinski definition) is 1. The molecule has 0 spiro atoms. The lowest BCUT2D eigenvalue weighted by atomic mass is 10.0. The van der Waals surface area contributed by atoms with Gasteiger partial charge in [-0.2, -0.15) is 0 Å². The van der Waals surface area contributed by atoms with Crippen LogP contribution in [0.4, 0.5) is 5.69 Å². The predicted molar refractivity (Wildman–Crippen MR) is 149 cm³/mol. The number of ether oxygens (including phenoxy) is 1. The average Bonchev–Trinajstić information content (AvgIpc) is 3.22. The number of aryl methyl sites for hydroxylation is 1. The zero-order valence-corrected chi connectivity index (χ0v) is 22.8. The molecule has 0 radical (unpaired) electrons. The highest BCUT2D eigenvalue weighted by Gasteiger charge is 2.24. The molecule has 37 heavy (non-hydrogen) atoms. The monoisotopic (exact) mass is 521 g/mol. The van der Waals surface area contributed by atoms with Gasteiger partial charge in [0.25, 0.3) is 10.0 Å². The van der Waals surface area contributed by atoms with Crippen LogP contribution in [0, 0.1) is 6.92 Å². The highest BCUT2D eigenvalue weighted by Crippen LogP contribution is 2.37. The molecule has 0 fully saturated rings. The van der Waals surface area contributed by atoms with E-state index in [0.717, 1.165) is 36.6 Å². The fourth-order valence-electron chi connectivity index (χ4n) is 4.55. The van der Waals surface area contributed by atoms with Gasteiger partial charge in [-0.25, -0.2) is 13.2 Å². The number of fused-ring (bicyclic) bond motifs is 3. The lowest BCUT2D eigenvalue weighted by Gasteiger charge is -2.13. The maximum Gasteiger partial charge on any atom is 0.342 e. The van der Waals surface area contributed by atoms with E-state index in [4.69, 9.17) is 9.15 Å². The minimum absolute atomic E-state index is 0.173. The Balaban J connectivity index is 1.69. The first-order valence-corrected chi connectivity index (χ1v) is 14.5. The first kappa shape index (κ1) is 26.7. The molecule has 196 valence electrons. The number of unbranched alkanes of at least 4 members (excludes halogenated alkanes) is 4. The van der Waals surface area contributed by atoms with E-state index in [1.54, 1.807) is 25.1 Å². The van der Waals surface area contributed by atoms with E-state index >= 15 is 0 Å². The summed E-state index contributed by atoms with van der Waals surface area (Å²) in [6.45, 7) is 8.35. The summed E-state index contributed by atoms with van der Waals surface area (Å²) in [5.74, 6) is 0.287. The number of furan rings is 1. The molecule has 1 N–H and O–H groups in total. The zero-order chi connectivity index (χ0) is 26.6. The molecule has 6 nitrogen and oxygen atoms in total. The Bertz CT molecular complexity index is 1500. The lowest BCUT2D eigenvalue weighted by Crippen LogP contribution is -2.13. The SMILES string of the molecule is CCCCCCCOC(=O)c1c(C)oc2c1cc(NS(=O)(=O)c1ccc(C(C)C)cc1)c1ccccc12. The number of benzene rings is 3. The van der Waals surface area contributed by atoms with Crippen LogP contribution in [0.1, 0.15) is 80.5 Å². The zero-order valence-electron chi connectivity index (χ0n) is 22.0. The van der Waals surface area contributed by atoms with E-state index in [-0.39, 0.29) is 4.90 Å². The molecule has 0 bridgehead atoms. The van der Waals surface area contributed by atoms with Crippen LogP contribution < -0.4 is 4.72 Å². The van der Waals surface area contributed by atoms with Crippen molar-refractivity contribution in [3.8, 4) is 0 Å². The summed E-state index contributed by atoms with van der Waals surface area (Å²) in [5, 5.41) is 1.93. The highest BCUT2D eigenvalue weighted by atomic mass is 32.2. The Morgan fingerprint density at radius 2 is 1.62 bits per heavy atom. The van der Waals surface area contributed by atoms with E-state index < -0.39 is 16.0 Å². The number of hydrogen-bond acceptors (Lipinski definition) is 5. The second-order valence-electron chi connectivity index (χ2n) is 9.76. The molecule has 0 atom stereocenters. The summed E-state index contributed by atoms with van der Waals surface area (Å²) in [6.07, 6.45) is 5.28. The van der Waals surface area contributed by atoms with Gasteiger partial charge in [0.2, 0.25) is 0 Å². The fourth-order valence-corrected chi connectivity index (χ4v) is 5.63. The number of carbonyl (C=O) groups excluding carboxylic acids is 1. The number of sulfonamides is 1. The maximum absolute atomic E-state index is 13.3. The van der Waals surface area contributed by atoms with Crippen molar-refractivity contribution < 1.29 is 22.4 Å². The lowest BCUT2D eigenvalue weighted by molar-refractivity contribution is 0.0497. The van der Waals surface area contributed by atoms with Crippen LogP contribution in [0.3, 0.4) is 0 Å². The third-order valence-electron chi connectivity index (χ3n) is 6.66. The minimum atomic E-state index is -3.86. The number of rotatable bonds is 11. The molecular weight excluding hydrogens is 486 g/mol. The Morgan fingerprint density at radius 1 is 0.946 bits per heavy atom. The molecule has 0 aliphatic carbocycles. The number of anilines is 1. The molecule has 4 aromatic rings. The normalized spacial score (nSPS) is 11.9. The van der Waals surface area contributed by atoms with Crippen molar-refractivity contribution in [3.05, 3.63) is 71.5 Å². The maximum atomic E-state index is 13.3. The molecule has 1 heterocycles. The van der Waals surface area contributed by atoms with Crippen molar-refractivity contribution in [2.24, 2.45) is 0 Å². The smallest absolute Gasteiger partial charge is 0.342 e. The van der Waals surface area contributed by atoms with Crippen LogP contribution in [0.25, 0.3) is 21.7 Å². The van der Waals surface area contributed by atoms with Gasteiger partial charge in [-0.15, -0.1) is 0 Å². The third kappa shape index (κ3) is 5.82. The quantitative estimate of drug-likeness (QED) is 0.160. The van der Waals surface area contributed by atoms with Gasteiger partial charge >= 0.3 is 5.97 Å². The van der Waals surface area contributed by atoms with Crippen LogP contribution in [0.15, 0.2) is 63.9 Å². The fraction of sp³-hybridized carbons (Fsp3) is 0.367. The molecule has 0 aliphatic rings. The Kier molecular flexibility index (Phi) is 8.22. The van der Waals surface area contributed by atoms with E-state index in [2.05, 4.69) is 25.5 Å². The van der Waals surface area contributed by atoms with Crippen molar-refractivity contribution in [1.82, 2.24) is 0 Å². The summed E-state index contributed by atoms with van der Waals surface area (Å²) in [5.41, 5.74) is 2.31. The van der Waals surface area contributed by atoms with Gasteiger partial charge in [0, 0.05) is 16.2 Å². The van der Waals surface area contributed by atoms with Crippen LogP contribution in [-0.2, 0) is 14.8 Å². The highest BCUT2D eigenvalue weighted by molar-refractivity contribution is 7.92. The molecule has 0 unspecified atom stereocenters. The average molecular weight is 522 g/mol. The van der Waals surface area contributed by atoms with Gasteiger partial charge in [0.05, 0.1) is 17.2 Å². The molecule has 0 saturated heterocycles. The largest absolute Gasteiger partial charge is 0.462 e. The summed E-state index contributed by atoms with van der Waals surface area (Å²) in [6, 6.07) is 16.0. The second-order valence-corrected chi connectivity index (χ2v) is 11.4. The molecule has 3 aromatic carbocycles. The molecule has 0 amide bonds. The van der Waals surface area contributed by atoms with E-state index in [0.29, 0.717) is 45.9 Å². The Hall–Kier alpha value is -3.32. The first-order chi connectivity index (χ1) is 17.7. The van der Waals surface area contributed by atoms with Gasteiger partial charge in [0.15, 0.2) is 0 Å². The molecular formula is C30H35NO5S. The van der Waals surface area contributed by atoms with Crippen LogP contribution in [0.5, 0.6) is 0 Å². The van der Waals surface area contributed by atoms with Gasteiger partial charge in [-0.1, -0.05) is 82.9 Å². The van der Waals surface area contributed by atoms with Crippen molar-refractivity contribution in [3.63, 3.8) is 0 Å². The van der Waals surface area contributed by atoms with E-state index in [1.165, 1.54) is 6.42 Å². The van der Waals surface area contributed by atoms with E-state index in [9.17, 15) is 13.2 Å². The van der Waals surface area contributed by atoms with Gasteiger partial charge < -0.3 is 9.15 Å². The van der Waals surface area contributed by atoms with Crippen LogP contribution in [0.2, 0.25) is 0 Å². The Morgan fingerprint density at radius 3 is 2.30 bits per heavy atom. The van der Waals surface area contributed by atoms with Crippen LogP contribution in [-0.4, -0.2) is 21.0 Å².